The van der Waals surface area contributed by atoms with Gasteiger partial charge in [0.2, 0.25) is 5.91 Å². The van der Waals surface area contributed by atoms with E-state index in [-0.39, 0.29) is 11.8 Å². The van der Waals surface area contributed by atoms with Crippen molar-refractivity contribution in [3.05, 3.63) is 99.5 Å². The maximum absolute atomic E-state index is 13.1. The summed E-state index contributed by atoms with van der Waals surface area (Å²) in [7, 11) is 0. The molecule has 174 valence electrons. The fourth-order valence-electron chi connectivity index (χ4n) is 3.96. The first kappa shape index (κ1) is 23.4. The molecule has 2 aromatic heterocycles. The Hall–Kier alpha value is -3.71. The molecule has 0 atom stereocenters. The Balaban J connectivity index is 1.43. The molecule has 34 heavy (non-hydrogen) atoms. The van der Waals surface area contributed by atoms with E-state index in [0.29, 0.717) is 44.0 Å². The zero-order valence-corrected chi connectivity index (χ0v) is 19.9. The van der Waals surface area contributed by atoms with Gasteiger partial charge in [-0.3, -0.25) is 14.6 Å². The molecule has 1 aliphatic rings. The first-order valence-corrected chi connectivity index (χ1v) is 12.0. The van der Waals surface area contributed by atoms with Gasteiger partial charge in [-0.2, -0.15) is 0 Å². The van der Waals surface area contributed by atoms with E-state index in [1.54, 1.807) is 35.6 Å². The fraction of sp³-hybridized carbons (Fsp3) is 0.222. The van der Waals surface area contributed by atoms with Crippen molar-refractivity contribution in [2.45, 2.75) is 26.4 Å². The lowest BCUT2D eigenvalue weighted by Gasteiger charge is -2.30. The molecule has 1 aliphatic heterocycles. The Morgan fingerprint density at radius 2 is 2.18 bits per heavy atom. The molecule has 2 amide bonds. The van der Waals surface area contributed by atoms with E-state index < -0.39 is 0 Å². The van der Waals surface area contributed by atoms with Crippen molar-refractivity contribution in [1.82, 2.24) is 15.2 Å². The van der Waals surface area contributed by atoms with Crippen molar-refractivity contribution in [3.63, 3.8) is 0 Å². The summed E-state index contributed by atoms with van der Waals surface area (Å²) >= 11 is 1.59. The number of aromatic nitrogens is 1. The van der Waals surface area contributed by atoms with Gasteiger partial charge in [0.15, 0.2) is 0 Å². The highest BCUT2D eigenvalue weighted by Crippen LogP contribution is 2.26. The second-order valence-corrected chi connectivity index (χ2v) is 8.98. The molecule has 0 bridgehead atoms. The molecule has 4 rings (SSSR count). The zero-order valence-electron chi connectivity index (χ0n) is 19.1. The highest BCUT2D eigenvalue weighted by atomic mass is 32.1. The fourth-order valence-corrected chi connectivity index (χ4v) is 4.58. The lowest BCUT2D eigenvalue weighted by molar-refractivity contribution is -0.116. The van der Waals surface area contributed by atoms with Gasteiger partial charge in [0.05, 0.1) is 0 Å². The van der Waals surface area contributed by atoms with Crippen LogP contribution in [0.5, 0.6) is 5.75 Å². The summed E-state index contributed by atoms with van der Waals surface area (Å²) in [6.45, 7) is 7.49. The summed E-state index contributed by atoms with van der Waals surface area (Å²) in [4.78, 5) is 32.8. The summed E-state index contributed by atoms with van der Waals surface area (Å²) in [5, 5.41) is 4.95. The molecule has 0 aliphatic carbocycles. The molecular formula is C27H27N3O3S. The number of pyridine rings is 1. The van der Waals surface area contributed by atoms with E-state index in [1.165, 1.54) is 5.56 Å². The van der Waals surface area contributed by atoms with Crippen LogP contribution in [0.3, 0.4) is 0 Å². The Kier molecular flexibility index (Phi) is 7.54. The van der Waals surface area contributed by atoms with Gasteiger partial charge in [-0.15, -0.1) is 11.3 Å². The molecular weight excluding hydrogens is 446 g/mol. The lowest BCUT2D eigenvalue weighted by Crippen LogP contribution is -2.37. The molecule has 0 saturated carbocycles. The molecule has 0 radical (unpaired) electrons. The van der Waals surface area contributed by atoms with E-state index in [0.717, 1.165) is 21.7 Å². The van der Waals surface area contributed by atoms with Gasteiger partial charge >= 0.3 is 0 Å². The van der Waals surface area contributed by atoms with Crippen LogP contribution in [0, 0.1) is 6.92 Å². The van der Waals surface area contributed by atoms with Gasteiger partial charge in [0, 0.05) is 48.0 Å². The van der Waals surface area contributed by atoms with Crippen LogP contribution >= 0.6 is 11.3 Å². The van der Waals surface area contributed by atoms with Crippen LogP contribution in [0.15, 0.2) is 66.7 Å². The highest BCUT2D eigenvalue weighted by molar-refractivity contribution is 7.10. The number of ether oxygens (including phenoxy) is 1. The minimum Gasteiger partial charge on any atom is -0.490 e. The van der Waals surface area contributed by atoms with Crippen LogP contribution in [0.25, 0.3) is 6.08 Å². The third kappa shape index (κ3) is 5.61. The van der Waals surface area contributed by atoms with Crippen LogP contribution in [-0.4, -0.2) is 34.8 Å². The summed E-state index contributed by atoms with van der Waals surface area (Å²) in [5.41, 5.74) is 4.70. The topological polar surface area (TPSA) is 71.5 Å². The van der Waals surface area contributed by atoms with Crippen LogP contribution < -0.4 is 10.1 Å². The number of carbonyl (C=O) groups excluding carboxylic acids is 2. The number of fused-ring (bicyclic) bond motifs is 1. The number of hydrogen-bond donors (Lipinski definition) is 1. The largest absolute Gasteiger partial charge is 0.490 e. The average molecular weight is 474 g/mol. The van der Waals surface area contributed by atoms with Gasteiger partial charge in [-0.05, 0) is 65.8 Å². The Morgan fingerprint density at radius 3 is 2.97 bits per heavy atom. The number of aryl methyl sites for hydroxylation is 1. The number of nitrogens with one attached hydrogen (secondary N) is 1. The first-order valence-electron chi connectivity index (χ1n) is 11.1. The van der Waals surface area contributed by atoms with Crippen molar-refractivity contribution < 1.29 is 14.3 Å². The average Bonchev–Trinajstić information content (AvgIpc) is 3.39. The van der Waals surface area contributed by atoms with Crippen LogP contribution in [0.4, 0.5) is 0 Å². The third-order valence-corrected chi connectivity index (χ3v) is 6.55. The van der Waals surface area contributed by atoms with E-state index in [4.69, 9.17) is 4.74 Å². The molecule has 0 saturated heterocycles. The van der Waals surface area contributed by atoms with Gasteiger partial charge in [-0.25, -0.2) is 0 Å². The third-order valence-electron chi connectivity index (χ3n) is 5.71. The van der Waals surface area contributed by atoms with Gasteiger partial charge in [0.25, 0.3) is 5.91 Å². The number of rotatable bonds is 8. The number of carbonyl (C=O) groups is 2. The normalized spacial score (nSPS) is 12.9. The maximum atomic E-state index is 13.1. The van der Waals surface area contributed by atoms with Crippen LogP contribution in [0.1, 0.15) is 37.6 Å². The molecule has 7 heteroatoms. The van der Waals surface area contributed by atoms with E-state index in [1.807, 2.05) is 53.7 Å². The second-order valence-electron chi connectivity index (χ2n) is 8.00. The summed E-state index contributed by atoms with van der Waals surface area (Å²) in [6.07, 6.45) is 7.60. The van der Waals surface area contributed by atoms with E-state index in [2.05, 4.69) is 16.9 Å². The smallest absolute Gasteiger partial charge is 0.254 e. The monoisotopic (exact) mass is 473 g/mol. The predicted octanol–water partition coefficient (Wildman–Crippen LogP) is 4.54. The van der Waals surface area contributed by atoms with Crippen molar-refractivity contribution in [3.8, 4) is 5.75 Å². The van der Waals surface area contributed by atoms with E-state index in [9.17, 15) is 9.59 Å². The maximum Gasteiger partial charge on any atom is 0.254 e. The first-order chi connectivity index (χ1) is 16.5. The summed E-state index contributed by atoms with van der Waals surface area (Å²) in [6, 6.07) is 11.1. The molecule has 1 N–H and O–H groups in total. The second kappa shape index (κ2) is 10.9. The minimum atomic E-state index is -0.142. The van der Waals surface area contributed by atoms with Gasteiger partial charge in [-0.1, -0.05) is 24.8 Å². The van der Waals surface area contributed by atoms with Crippen molar-refractivity contribution in [1.29, 1.82) is 0 Å². The number of hydrogen-bond acceptors (Lipinski definition) is 5. The van der Waals surface area contributed by atoms with Crippen LogP contribution in [0.2, 0.25) is 0 Å². The van der Waals surface area contributed by atoms with Crippen molar-refractivity contribution >= 4 is 29.2 Å². The standard InChI is InChI=1S/C27H27N3O3S/c1-3-13-33-22-7-4-6-20(15-22)27(32)30-12-11-24-21(18-30)16-28-19(2)25(24)17-29-26(31)10-9-23-8-5-14-34-23/h3-10,14-16H,1,11-13,17-18H2,2H3,(H,29,31). The highest BCUT2D eigenvalue weighted by Gasteiger charge is 2.25. The van der Waals surface area contributed by atoms with Crippen LogP contribution in [-0.2, 0) is 24.3 Å². The lowest BCUT2D eigenvalue weighted by atomic mass is 9.94. The Labute approximate surface area is 203 Å². The molecule has 3 heterocycles. The summed E-state index contributed by atoms with van der Waals surface area (Å²) < 4.78 is 5.57. The van der Waals surface area contributed by atoms with Gasteiger partial charge in [0.1, 0.15) is 12.4 Å². The molecule has 0 spiro atoms. The molecule has 1 aromatic carbocycles. The zero-order chi connectivity index (χ0) is 23.9. The number of benzene rings is 1. The van der Waals surface area contributed by atoms with Crippen molar-refractivity contribution in [2.75, 3.05) is 13.2 Å². The molecule has 6 nitrogen and oxygen atoms in total. The number of nitrogens with zero attached hydrogens (tertiary/aromatic N) is 2. The molecule has 3 aromatic rings. The number of amides is 2. The number of thiophene rings is 1. The quantitative estimate of drug-likeness (QED) is 0.385. The minimum absolute atomic E-state index is 0.0381. The summed E-state index contributed by atoms with van der Waals surface area (Å²) in [5.74, 6) is 0.465. The SMILES string of the molecule is C=CCOc1cccc(C(=O)N2CCc3c(cnc(C)c3CNC(=O)C=Cc3cccs3)C2)c1. The molecule has 0 unspecified atom stereocenters. The van der Waals surface area contributed by atoms with Gasteiger partial charge < -0.3 is 15.0 Å². The predicted molar refractivity (Wildman–Crippen MR) is 135 cm³/mol. The van der Waals surface area contributed by atoms with Crippen molar-refractivity contribution in [2.24, 2.45) is 0 Å². The Morgan fingerprint density at radius 1 is 1.29 bits per heavy atom. The van der Waals surface area contributed by atoms with E-state index >= 15 is 0 Å². The molecule has 0 fully saturated rings. The Bertz CT molecular complexity index is 1220.